The summed E-state index contributed by atoms with van der Waals surface area (Å²) >= 11 is 0. The van der Waals surface area contributed by atoms with Gasteiger partial charge in [-0.1, -0.05) is 13.8 Å². The van der Waals surface area contributed by atoms with Crippen LogP contribution in [-0.4, -0.2) is 35.0 Å². The zero-order chi connectivity index (χ0) is 11.4. The van der Waals surface area contributed by atoms with Gasteiger partial charge in [-0.05, 0) is 25.2 Å². The number of carbonyl (C=O) groups is 2. The predicted molar refractivity (Wildman–Crippen MR) is 56.4 cm³/mol. The Hall–Kier alpha value is -1.06. The van der Waals surface area contributed by atoms with Gasteiger partial charge in [-0.15, -0.1) is 0 Å². The number of hydrogen-bond acceptors (Lipinski definition) is 2. The Labute approximate surface area is 90.3 Å². The number of carboxylic acids is 1. The molecule has 1 N–H and O–H groups in total. The third-order valence-corrected chi connectivity index (χ3v) is 2.85. The van der Waals surface area contributed by atoms with Crippen molar-refractivity contribution in [2.75, 3.05) is 13.1 Å². The molecule has 1 saturated carbocycles. The molecule has 4 heteroatoms. The molecule has 0 heterocycles. The molecule has 1 aliphatic carbocycles. The molecule has 1 atom stereocenters. The number of carboxylic acid groups (broad SMARTS) is 1. The van der Waals surface area contributed by atoms with Gasteiger partial charge in [-0.2, -0.15) is 0 Å². The first kappa shape index (κ1) is 12.0. The van der Waals surface area contributed by atoms with Crippen molar-refractivity contribution in [3.63, 3.8) is 0 Å². The van der Waals surface area contributed by atoms with Crippen molar-refractivity contribution in [1.82, 2.24) is 4.90 Å². The van der Waals surface area contributed by atoms with Gasteiger partial charge in [0.05, 0.1) is 0 Å². The Morgan fingerprint density at radius 3 is 2.47 bits per heavy atom. The summed E-state index contributed by atoms with van der Waals surface area (Å²) in [5.41, 5.74) is 0. The molecule has 15 heavy (non-hydrogen) atoms. The lowest BCUT2D eigenvalue weighted by Crippen LogP contribution is -2.40. The van der Waals surface area contributed by atoms with Gasteiger partial charge >= 0.3 is 5.97 Å². The summed E-state index contributed by atoms with van der Waals surface area (Å²) in [6.45, 7) is 4.26. The van der Waals surface area contributed by atoms with E-state index in [9.17, 15) is 9.59 Å². The highest BCUT2D eigenvalue weighted by Crippen LogP contribution is 2.30. The summed E-state index contributed by atoms with van der Waals surface area (Å²) in [4.78, 5) is 24.0. The summed E-state index contributed by atoms with van der Waals surface area (Å²) in [6.07, 6.45) is 3.02. The van der Waals surface area contributed by atoms with Gasteiger partial charge in [0.15, 0.2) is 0 Å². The van der Waals surface area contributed by atoms with E-state index in [1.807, 2.05) is 13.8 Å². The van der Waals surface area contributed by atoms with Crippen LogP contribution in [0.1, 0.15) is 33.1 Å². The molecule has 0 aliphatic heterocycles. The quantitative estimate of drug-likeness (QED) is 0.724. The number of rotatable bonds is 6. The van der Waals surface area contributed by atoms with Crippen molar-refractivity contribution in [2.45, 2.75) is 33.1 Å². The average molecular weight is 213 g/mol. The van der Waals surface area contributed by atoms with Gasteiger partial charge in [0, 0.05) is 12.5 Å². The van der Waals surface area contributed by atoms with Crippen LogP contribution in [0, 0.1) is 11.8 Å². The molecule has 0 aromatic heterocycles. The van der Waals surface area contributed by atoms with Crippen molar-refractivity contribution in [3.8, 4) is 0 Å². The van der Waals surface area contributed by atoms with Gasteiger partial charge in [0.25, 0.3) is 0 Å². The van der Waals surface area contributed by atoms with Crippen LogP contribution in [0.5, 0.6) is 0 Å². The standard InChI is InChI=1S/C11H19NO3/c1-3-8(2)11(15)12(7-10(13)14)6-9-4-5-9/h8-9H,3-7H2,1-2H3,(H,13,14). The largest absolute Gasteiger partial charge is 0.480 e. The van der Waals surface area contributed by atoms with Crippen LogP contribution in [0.2, 0.25) is 0 Å². The second-order valence-electron chi connectivity index (χ2n) is 4.37. The maximum absolute atomic E-state index is 11.8. The molecule has 1 unspecified atom stereocenters. The van der Waals surface area contributed by atoms with E-state index in [1.165, 1.54) is 4.90 Å². The van der Waals surface area contributed by atoms with Crippen LogP contribution in [0.4, 0.5) is 0 Å². The topological polar surface area (TPSA) is 57.6 Å². The molecular weight excluding hydrogens is 194 g/mol. The zero-order valence-corrected chi connectivity index (χ0v) is 9.40. The number of amides is 1. The van der Waals surface area contributed by atoms with Crippen molar-refractivity contribution < 1.29 is 14.7 Å². The lowest BCUT2D eigenvalue weighted by Gasteiger charge is -2.23. The summed E-state index contributed by atoms with van der Waals surface area (Å²) < 4.78 is 0. The van der Waals surface area contributed by atoms with Gasteiger partial charge in [-0.3, -0.25) is 9.59 Å². The summed E-state index contributed by atoms with van der Waals surface area (Å²) in [6, 6.07) is 0. The van der Waals surface area contributed by atoms with E-state index < -0.39 is 5.97 Å². The molecule has 1 amide bonds. The average Bonchev–Trinajstić information content (AvgIpc) is 2.97. The molecule has 1 fully saturated rings. The SMILES string of the molecule is CCC(C)C(=O)N(CC(=O)O)CC1CC1. The first-order chi connectivity index (χ1) is 7.04. The number of carbonyl (C=O) groups excluding carboxylic acids is 1. The Balaban J connectivity index is 2.52. The van der Waals surface area contributed by atoms with E-state index in [0.717, 1.165) is 19.3 Å². The van der Waals surface area contributed by atoms with Crippen LogP contribution in [0.25, 0.3) is 0 Å². The predicted octanol–water partition coefficient (Wildman–Crippen LogP) is 1.36. The van der Waals surface area contributed by atoms with Crippen molar-refractivity contribution in [1.29, 1.82) is 0 Å². The minimum Gasteiger partial charge on any atom is -0.480 e. The first-order valence-electron chi connectivity index (χ1n) is 5.55. The molecular formula is C11H19NO3. The number of nitrogens with zero attached hydrogens (tertiary/aromatic N) is 1. The third-order valence-electron chi connectivity index (χ3n) is 2.85. The number of hydrogen-bond donors (Lipinski definition) is 1. The van der Waals surface area contributed by atoms with Gasteiger partial charge in [0.1, 0.15) is 6.54 Å². The molecule has 0 bridgehead atoms. The minimum atomic E-state index is -0.924. The van der Waals surface area contributed by atoms with Crippen molar-refractivity contribution >= 4 is 11.9 Å². The van der Waals surface area contributed by atoms with Gasteiger partial charge in [0.2, 0.25) is 5.91 Å². The summed E-state index contributed by atoms with van der Waals surface area (Å²) in [5, 5.41) is 8.73. The maximum Gasteiger partial charge on any atom is 0.323 e. The van der Waals surface area contributed by atoms with Crippen LogP contribution in [0.15, 0.2) is 0 Å². The Kier molecular flexibility index (Phi) is 4.12. The molecule has 0 radical (unpaired) electrons. The Morgan fingerprint density at radius 2 is 2.07 bits per heavy atom. The monoisotopic (exact) mass is 213 g/mol. The Bertz CT molecular complexity index is 248. The highest BCUT2D eigenvalue weighted by molar-refractivity contribution is 5.82. The second-order valence-corrected chi connectivity index (χ2v) is 4.37. The fourth-order valence-electron chi connectivity index (χ4n) is 1.49. The molecule has 0 saturated heterocycles. The summed E-state index contributed by atoms with van der Waals surface area (Å²) in [7, 11) is 0. The fourth-order valence-corrected chi connectivity index (χ4v) is 1.49. The van der Waals surface area contributed by atoms with E-state index in [-0.39, 0.29) is 18.4 Å². The van der Waals surface area contributed by atoms with Crippen molar-refractivity contribution in [3.05, 3.63) is 0 Å². The van der Waals surface area contributed by atoms with Gasteiger partial charge < -0.3 is 10.0 Å². The molecule has 0 aromatic rings. The third kappa shape index (κ3) is 3.90. The molecule has 1 aliphatic rings. The Morgan fingerprint density at radius 1 is 1.47 bits per heavy atom. The molecule has 86 valence electrons. The van der Waals surface area contributed by atoms with Gasteiger partial charge in [-0.25, -0.2) is 0 Å². The van der Waals surface area contributed by atoms with Crippen LogP contribution >= 0.6 is 0 Å². The fraction of sp³-hybridized carbons (Fsp3) is 0.818. The van der Waals surface area contributed by atoms with Crippen LogP contribution in [0.3, 0.4) is 0 Å². The van der Waals surface area contributed by atoms with E-state index in [2.05, 4.69) is 0 Å². The number of aliphatic carboxylic acids is 1. The highest BCUT2D eigenvalue weighted by atomic mass is 16.4. The lowest BCUT2D eigenvalue weighted by atomic mass is 10.1. The maximum atomic E-state index is 11.8. The first-order valence-corrected chi connectivity index (χ1v) is 5.55. The lowest BCUT2D eigenvalue weighted by molar-refractivity contribution is -0.146. The summed E-state index contributed by atoms with van der Waals surface area (Å²) in [5.74, 6) is -0.473. The normalized spacial score (nSPS) is 17.2. The highest BCUT2D eigenvalue weighted by Gasteiger charge is 2.29. The molecule has 0 aromatic carbocycles. The van der Waals surface area contributed by atoms with E-state index in [1.54, 1.807) is 0 Å². The van der Waals surface area contributed by atoms with E-state index in [0.29, 0.717) is 12.5 Å². The molecule has 4 nitrogen and oxygen atoms in total. The van der Waals surface area contributed by atoms with E-state index >= 15 is 0 Å². The van der Waals surface area contributed by atoms with Crippen LogP contribution < -0.4 is 0 Å². The van der Waals surface area contributed by atoms with Crippen LogP contribution in [-0.2, 0) is 9.59 Å². The zero-order valence-electron chi connectivity index (χ0n) is 9.40. The molecule has 0 spiro atoms. The van der Waals surface area contributed by atoms with Crippen molar-refractivity contribution in [2.24, 2.45) is 11.8 Å². The smallest absolute Gasteiger partial charge is 0.323 e. The second kappa shape index (κ2) is 5.14. The molecule has 1 rings (SSSR count). The minimum absolute atomic E-state index is 0.0215. The van der Waals surface area contributed by atoms with E-state index in [4.69, 9.17) is 5.11 Å².